The van der Waals surface area contributed by atoms with E-state index in [1.807, 2.05) is 0 Å². The molecule has 0 aliphatic heterocycles. The van der Waals surface area contributed by atoms with Crippen LogP contribution in [-0.2, 0) is 4.74 Å². The van der Waals surface area contributed by atoms with Gasteiger partial charge in [-0.15, -0.1) is 0 Å². The van der Waals surface area contributed by atoms with E-state index >= 15 is 0 Å². The SMILES string of the molecule is CCOC(=O)c1ncc(Br)nc1N. The highest BCUT2D eigenvalue weighted by atomic mass is 79.9. The van der Waals surface area contributed by atoms with Crippen LogP contribution in [-0.4, -0.2) is 22.5 Å². The lowest BCUT2D eigenvalue weighted by molar-refractivity contribution is 0.0520. The molecule has 0 unspecified atom stereocenters. The Morgan fingerprint density at radius 1 is 1.77 bits per heavy atom. The van der Waals surface area contributed by atoms with Crippen molar-refractivity contribution in [1.29, 1.82) is 0 Å². The Morgan fingerprint density at radius 3 is 3.00 bits per heavy atom. The van der Waals surface area contributed by atoms with Gasteiger partial charge in [0.25, 0.3) is 0 Å². The number of nitrogens with zero attached hydrogens (tertiary/aromatic N) is 2. The van der Waals surface area contributed by atoms with Crippen LogP contribution in [0.1, 0.15) is 17.4 Å². The lowest BCUT2D eigenvalue weighted by Gasteiger charge is -2.02. The highest BCUT2D eigenvalue weighted by molar-refractivity contribution is 9.10. The van der Waals surface area contributed by atoms with E-state index < -0.39 is 5.97 Å². The molecule has 0 radical (unpaired) electrons. The first-order chi connectivity index (χ1) is 6.15. The van der Waals surface area contributed by atoms with Crippen LogP contribution in [0.3, 0.4) is 0 Å². The summed E-state index contributed by atoms with van der Waals surface area (Å²) in [6.45, 7) is 2.00. The van der Waals surface area contributed by atoms with Gasteiger partial charge >= 0.3 is 5.97 Å². The fraction of sp³-hybridized carbons (Fsp3) is 0.286. The molecule has 5 nitrogen and oxygen atoms in total. The third-order valence-corrected chi connectivity index (χ3v) is 1.62. The number of hydrogen-bond donors (Lipinski definition) is 1. The van der Waals surface area contributed by atoms with Crippen molar-refractivity contribution in [1.82, 2.24) is 9.97 Å². The molecule has 1 heterocycles. The topological polar surface area (TPSA) is 78.1 Å². The van der Waals surface area contributed by atoms with Gasteiger partial charge in [-0.25, -0.2) is 14.8 Å². The third-order valence-electron chi connectivity index (χ3n) is 1.24. The lowest BCUT2D eigenvalue weighted by Crippen LogP contribution is -2.11. The van der Waals surface area contributed by atoms with Crippen molar-refractivity contribution in [2.24, 2.45) is 0 Å². The van der Waals surface area contributed by atoms with Gasteiger partial charge in [0.2, 0.25) is 0 Å². The maximum absolute atomic E-state index is 11.2. The van der Waals surface area contributed by atoms with Crippen molar-refractivity contribution < 1.29 is 9.53 Å². The maximum atomic E-state index is 11.2. The van der Waals surface area contributed by atoms with E-state index in [0.29, 0.717) is 4.60 Å². The number of anilines is 1. The summed E-state index contributed by atoms with van der Waals surface area (Å²) in [7, 11) is 0. The number of carbonyl (C=O) groups excluding carboxylic acids is 1. The molecule has 1 aromatic rings. The number of rotatable bonds is 2. The number of hydrogen-bond acceptors (Lipinski definition) is 5. The highest BCUT2D eigenvalue weighted by Gasteiger charge is 2.13. The summed E-state index contributed by atoms with van der Waals surface area (Å²) >= 11 is 3.08. The minimum absolute atomic E-state index is 0.0463. The standard InChI is InChI=1S/C7H8BrN3O2/c1-2-13-7(12)5-6(9)11-4(8)3-10-5/h3H,2H2,1H3,(H2,9,11). The van der Waals surface area contributed by atoms with E-state index in [2.05, 4.69) is 25.9 Å². The average molecular weight is 246 g/mol. The summed E-state index contributed by atoms with van der Waals surface area (Å²) in [6.07, 6.45) is 1.39. The van der Waals surface area contributed by atoms with Gasteiger partial charge < -0.3 is 10.5 Å². The van der Waals surface area contributed by atoms with E-state index in [1.165, 1.54) is 6.20 Å². The fourth-order valence-electron chi connectivity index (χ4n) is 0.738. The third kappa shape index (κ3) is 2.38. The van der Waals surface area contributed by atoms with Gasteiger partial charge in [0.1, 0.15) is 4.60 Å². The molecule has 0 saturated carbocycles. The molecule has 1 rings (SSSR count). The van der Waals surface area contributed by atoms with E-state index in [4.69, 9.17) is 10.5 Å². The summed E-state index contributed by atoms with van der Waals surface area (Å²) < 4.78 is 5.20. The molecule has 0 atom stereocenters. The van der Waals surface area contributed by atoms with E-state index in [-0.39, 0.29) is 18.1 Å². The fourth-order valence-corrected chi connectivity index (χ4v) is 1.03. The number of nitrogen functional groups attached to an aromatic ring is 1. The largest absolute Gasteiger partial charge is 0.461 e. The second-order valence-electron chi connectivity index (χ2n) is 2.15. The van der Waals surface area contributed by atoms with Gasteiger partial charge in [0, 0.05) is 0 Å². The second-order valence-corrected chi connectivity index (χ2v) is 2.96. The molecule has 0 aromatic carbocycles. The van der Waals surface area contributed by atoms with Crippen molar-refractivity contribution in [3.8, 4) is 0 Å². The van der Waals surface area contributed by atoms with Crippen molar-refractivity contribution in [3.05, 3.63) is 16.5 Å². The molecular formula is C7H8BrN3O2. The number of aromatic nitrogens is 2. The number of nitrogens with two attached hydrogens (primary N) is 1. The number of halogens is 1. The summed E-state index contributed by atoms with van der Waals surface area (Å²) in [5.41, 5.74) is 5.49. The minimum Gasteiger partial charge on any atom is -0.461 e. The molecular weight excluding hydrogens is 238 g/mol. The van der Waals surface area contributed by atoms with Gasteiger partial charge in [-0.2, -0.15) is 0 Å². The minimum atomic E-state index is -0.556. The van der Waals surface area contributed by atoms with Crippen LogP contribution in [0.25, 0.3) is 0 Å². The van der Waals surface area contributed by atoms with Gasteiger partial charge in [0.15, 0.2) is 11.5 Å². The highest BCUT2D eigenvalue weighted by Crippen LogP contribution is 2.11. The van der Waals surface area contributed by atoms with Gasteiger partial charge in [-0.05, 0) is 22.9 Å². The summed E-state index contributed by atoms with van der Waals surface area (Å²) in [4.78, 5) is 18.8. The van der Waals surface area contributed by atoms with Crippen molar-refractivity contribution >= 4 is 27.7 Å². The molecule has 0 saturated heterocycles. The van der Waals surface area contributed by atoms with Crippen LogP contribution >= 0.6 is 15.9 Å². The zero-order valence-electron chi connectivity index (χ0n) is 6.95. The Labute approximate surface area is 83.4 Å². The van der Waals surface area contributed by atoms with Crippen LogP contribution in [0.15, 0.2) is 10.8 Å². The maximum Gasteiger partial charge on any atom is 0.360 e. The Kier molecular flexibility index (Phi) is 3.18. The molecule has 70 valence electrons. The van der Waals surface area contributed by atoms with Crippen LogP contribution in [0.4, 0.5) is 5.82 Å². The molecule has 2 N–H and O–H groups in total. The van der Waals surface area contributed by atoms with E-state index in [0.717, 1.165) is 0 Å². The number of carbonyl (C=O) groups is 1. The molecule has 1 aromatic heterocycles. The van der Waals surface area contributed by atoms with Crippen molar-refractivity contribution in [2.75, 3.05) is 12.3 Å². The molecule has 0 aliphatic carbocycles. The molecule has 0 spiro atoms. The first kappa shape index (κ1) is 9.91. The smallest absolute Gasteiger partial charge is 0.360 e. The molecule has 6 heteroatoms. The molecule has 0 aliphatic rings. The zero-order valence-corrected chi connectivity index (χ0v) is 8.54. The Balaban J connectivity index is 2.95. The number of ether oxygens (including phenoxy) is 1. The van der Waals surface area contributed by atoms with Crippen molar-refractivity contribution in [2.45, 2.75) is 6.92 Å². The summed E-state index contributed by atoms with van der Waals surface area (Å²) in [6, 6.07) is 0. The molecule has 0 fully saturated rings. The lowest BCUT2D eigenvalue weighted by atomic mass is 10.4. The Hall–Kier alpha value is -1.17. The van der Waals surface area contributed by atoms with E-state index in [1.54, 1.807) is 6.92 Å². The van der Waals surface area contributed by atoms with E-state index in [9.17, 15) is 4.79 Å². The van der Waals surface area contributed by atoms with Crippen LogP contribution in [0.5, 0.6) is 0 Å². The Morgan fingerprint density at radius 2 is 2.46 bits per heavy atom. The number of esters is 1. The second kappa shape index (κ2) is 4.18. The first-order valence-electron chi connectivity index (χ1n) is 3.60. The zero-order chi connectivity index (χ0) is 9.84. The molecule has 0 bridgehead atoms. The van der Waals surface area contributed by atoms with Crippen LogP contribution in [0.2, 0.25) is 0 Å². The van der Waals surface area contributed by atoms with Crippen LogP contribution < -0.4 is 5.73 Å². The monoisotopic (exact) mass is 245 g/mol. The van der Waals surface area contributed by atoms with Crippen LogP contribution in [0, 0.1) is 0 Å². The van der Waals surface area contributed by atoms with Gasteiger partial charge in [0.05, 0.1) is 12.8 Å². The average Bonchev–Trinajstić information content (AvgIpc) is 2.04. The van der Waals surface area contributed by atoms with Gasteiger partial charge in [-0.1, -0.05) is 0 Å². The quantitative estimate of drug-likeness (QED) is 0.787. The van der Waals surface area contributed by atoms with Gasteiger partial charge in [-0.3, -0.25) is 0 Å². The van der Waals surface area contributed by atoms with Crippen molar-refractivity contribution in [3.63, 3.8) is 0 Å². The predicted molar refractivity (Wildman–Crippen MR) is 50.1 cm³/mol. The summed E-state index contributed by atoms with van der Waals surface area (Å²) in [5.74, 6) is -0.493. The molecule has 0 amide bonds. The normalized spacial score (nSPS) is 9.69. The first-order valence-corrected chi connectivity index (χ1v) is 4.39. The molecule has 13 heavy (non-hydrogen) atoms. The Bertz CT molecular complexity index is 330. The predicted octanol–water partition coefficient (Wildman–Crippen LogP) is 0.998. The summed E-state index contributed by atoms with van der Waals surface area (Å²) in [5, 5.41) is 0.